The minimum atomic E-state index is -0.545. The molecule has 1 aromatic carbocycles. The Bertz CT molecular complexity index is 1320. The number of nitrogens with two attached hydrogens (primary N) is 1. The molecule has 1 spiro atoms. The molecule has 1 fully saturated rings. The number of nitrogens with one attached hydrogen (secondary N) is 2. The molecule has 0 radical (unpaired) electrons. The maximum absolute atomic E-state index is 13.4. The Morgan fingerprint density at radius 1 is 1.15 bits per heavy atom. The molecule has 4 N–H and O–H groups in total. The lowest BCUT2D eigenvalue weighted by Crippen LogP contribution is -2.36. The average molecular weight is 459 g/mol. The third kappa shape index (κ3) is 4.04. The summed E-state index contributed by atoms with van der Waals surface area (Å²) < 4.78 is 1.66. The second-order valence-electron chi connectivity index (χ2n) is 9.72. The normalized spacial score (nSPS) is 17.4. The van der Waals surface area contributed by atoms with Gasteiger partial charge in [-0.3, -0.25) is 14.2 Å². The van der Waals surface area contributed by atoms with E-state index in [-0.39, 0.29) is 22.7 Å². The Balaban J connectivity index is 1.37. The highest BCUT2D eigenvalue weighted by Gasteiger charge is 2.55. The topological polar surface area (TPSA) is 115 Å². The van der Waals surface area contributed by atoms with Gasteiger partial charge in [0.15, 0.2) is 5.82 Å². The molecule has 3 aromatic rings. The van der Waals surface area contributed by atoms with Gasteiger partial charge in [0.25, 0.3) is 5.56 Å². The maximum Gasteiger partial charge on any atom is 0.294 e. The van der Waals surface area contributed by atoms with Crippen LogP contribution < -0.4 is 21.9 Å². The molecule has 1 aliphatic carbocycles. The zero-order chi connectivity index (χ0) is 24.0. The Morgan fingerprint density at radius 2 is 1.88 bits per heavy atom. The highest BCUT2D eigenvalue weighted by atomic mass is 16.2. The third-order valence-electron chi connectivity index (χ3n) is 7.00. The summed E-state index contributed by atoms with van der Waals surface area (Å²) in [5, 5.41) is 6.20. The smallest absolute Gasteiger partial charge is 0.294 e. The number of hydrogen-bond donors (Lipinski definition) is 3. The van der Waals surface area contributed by atoms with Gasteiger partial charge in [-0.25, -0.2) is 9.97 Å². The molecule has 1 atom stereocenters. The van der Waals surface area contributed by atoms with Crippen LogP contribution in [0.3, 0.4) is 0 Å². The van der Waals surface area contributed by atoms with E-state index in [9.17, 15) is 9.59 Å². The minimum Gasteiger partial charge on any atom is -0.384 e. The van der Waals surface area contributed by atoms with E-state index in [1.165, 1.54) is 11.1 Å². The van der Waals surface area contributed by atoms with E-state index in [0.717, 1.165) is 35.4 Å². The number of aromatic nitrogens is 3. The number of hydrogen-bond acceptors (Lipinski definition) is 6. The summed E-state index contributed by atoms with van der Waals surface area (Å²) in [5.41, 5.74) is 11.4. The first-order valence-corrected chi connectivity index (χ1v) is 11.7. The van der Waals surface area contributed by atoms with E-state index < -0.39 is 6.04 Å². The predicted octanol–water partition coefficient (Wildman–Crippen LogP) is 3.05. The van der Waals surface area contributed by atoms with Gasteiger partial charge >= 0.3 is 0 Å². The van der Waals surface area contributed by atoms with Crippen molar-refractivity contribution < 1.29 is 4.79 Å². The minimum absolute atomic E-state index is 0.0982. The Hall–Kier alpha value is -3.68. The molecule has 1 aliphatic heterocycles. The average Bonchev–Trinajstić information content (AvgIpc) is 3.47. The monoisotopic (exact) mass is 458 g/mol. The predicted molar refractivity (Wildman–Crippen MR) is 132 cm³/mol. The van der Waals surface area contributed by atoms with Crippen LogP contribution in [0.4, 0.5) is 11.6 Å². The second kappa shape index (κ2) is 8.27. The van der Waals surface area contributed by atoms with Crippen LogP contribution >= 0.6 is 0 Å². The summed E-state index contributed by atoms with van der Waals surface area (Å²) >= 11 is 0. The first-order valence-electron chi connectivity index (χ1n) is 11.7. The lowest BCUT2D eigenvalue weighted by Gasteiger charge is -2.16. The fourth-order valence-electron chi connectivity index (χ4n) is 5.13. The number of amides is 1. The van der Waals surface area contributed by atoms with Crippen LogP contribution in [-0.2, 0) is 23.3 Å². The first-order chi connectivity index (χ1) is 16.3. The highest BCUT2D eigenvalue weighted by molar-refractivity contribution is 5.81. The number of benzene rings is 1. The molecule has 5 rings (SSSR count). The molecule has 0 saturated heterocycles. The second-order valence-corrected chi connectivity index (χ2v) is 9.72. The van der Waals surface area contributed by atoms with Crippen molar-refractivity contribution in [3.8, 4) is 0 Å². The van der Waals surface area contributed by atoms with Gasteiger partial charge in [-0.05, 0) is 57.2 Å². The number of rotatable bonds is 6. The van der Waals surface area contributed by atoms with Gasteiger partial charge in [0, 0.05) is 36.1 Å². The fourth-order valence-corrected chi connectivity index (χ4v) is 5.13. The lowest BCUT2D eigenvalue weighted by molar-refractivity contribution is -0.124. The van der Waals surface area contributed by atoms with Crippen molar-refractivity contribution in [1.29, 1.82) is 0 Å². The van der Waals surface area contributed by atoms with E-state index in [2.05, 4.69) is 52.6 Å². The number of aryl methyl sites for hydroxylation is 3. The number of nitrogen functional groups attached to an aromatic ring is 1. The maximum atomic E-state index is 13.4. The summed E-state index contributed by atoms with van der Waals surface area (Å²) in [6.07, 6.45) is 4.37. The molecular weight excluding hydrogens is 428 g/mol. The van der Waals surface area contributed by atoms with Gasteiger partial charge in [-0.15, -0.1) is 0 Å². The molecule has 3 heterocycles. The number of carbonyl (C=O) groups excluding carboxylic acids is 1. The van der Waals surface area contributed by atoms with E-state index in [1.807, 2.05) is 13.0 Å². The number of carbonyl (C=O) groups is 1. The van der Waals surface area contributed by atoms with Crippen molar-refractivity contribution in [1.82, 2.24) is 19.9 Å². The highest BCUT2D eigenvalue weighted by Crippen LogP contribution is 2.57. The molecule has 1 saturated carbocycles. The Kier molecular flexibility index (Phi) is 5.38. The molecular formula is C26H30N6O2. The SMILES string of the molecule is Cc1cc(C)cc(CNc2ncc3n(c2=O)C(C(=O)NCc2ccc(N)nc2C)CC32CC2)c1. The van der Waals surface area contributed by atoms with Crippen molar-refractivity contribution in [2.45, 2.75) is 64.6 Å². The molecule has 0 bridgehead atoms. The van der Waals surface area contributed by atoms with Gasteiger partial charge in [-0.1, -0.05) is 35.4 Å². The number of pyridine rings is 1. The first kappa shape index (κ1) is 22.1. The summed E-state index contributed by atoms with van der Waals surface area (Å²) in [5.74, 6) is 0.569. The molecule has 2 aromatic heterocycles. The van der Waals surface area contributed by atoms with E-state index in [4.69, 9.17) is 5.73 Å². The molecule has 34 heavy (non-hydrogen) atoms. The van der Waals surface area contributed by atoms with Crippen LogP contribution in [0.25, 0.3) is 0 Å². The van der Waals surface area contributed by atoms with Crippen molar-refractivity contribution in [2.75, 3.05) is 11.1 Å². The molecule has 2 aliphatic rings. The Labute approximate surface area is 198 Å². The van der Waals surface area contributed by atoms with Crippen LogP contribution in [0.5, 0.6) is 0 Å². The van der Waals surface area contributed by atoms with Crippen molar-refractivity contribution in [2.24, 2.45) is 0 Å². The molecule has 1 amide bonds. The summed E-state index contributed by atoms with van der Waals surface area (Å²) in [6.45, 7) is 6.81. The van der Waals surface area contributed by atoms with Crippen LogP contribution in [0.2, 0.25) is 0 Å². The molecule has 8 heteroatoms. The van der Waals surface area contributed by atoms with E-state index in [1.54, 1.807) is 16.8 Å². The number of fused-ring (bicyclic) bond motifs is 2. The van der Waals surface area contributed by atoms with Gasteiger partial charge in [-0.2, -0.15) is 0 Å². The van der Waals surface area contributed by atoms with Gasteiger partial charge in [0.05, 0.1) is 0 Å². The quantitative estimate of drug-likeness (QED) is 0.523. The van der Waals surface area contributed by atoms with Crippen LogP contribution in [0.1, 0.15) is 58.9 Å². The van der Waals surface area contributed by atoms with E-state index in [0.29, 0.717) is 25.3 Å². The summed E-state index contributed by atoms with van der Waals surface area (Å²) in [6, 6.07) is 9.35. The Morgan fingerprint density at radius 3 is 2.56 bits per heavy atom. The van der Waals surface area contributed by atoms with Gasteiger partial charge in [0.2, 0.25) is 5.91 Å². The number of anilines is 2. The zero-order valence-electron chi connectivity index (χ0n) is 19.8. The molecule has 1 unspecified atom stereocenters. The van der Waals surface area contributed by atoms with Gasteiger partial charge < -0.3 is 16.4 Å². The standard InChI is InChI=1S/C26H30N6O2/c1-15-8-16(2)10-18(9-15)12-28-23-25(34)32-20(11-26(6-7-26)21(32)14-29-23)24(33)30-13-19-4-5-22(27)31-17(19)3/h4-5,8-10,14,20H,6-7,11-13H2,1-3H3,(H2,27,31)(H,28,29)(H,30,33). The van der Waals surface area contributed by atoms with Crippen molar-refractivity contribution >= 4 is 17.5 Å². The van der Waals surface area contributed by atoms with Crippen LogP contribution in [-0.4, -0.2) is 20.4 Å². The third-order valence-corrected chi connectivity index (χ3v) is 7.00. The van der Waals surface area contributed by atoms with Crippen LogP contribution in [0, 0.1) is 20.8 Å². The lowest BCUT2D eigenvalue weighted by atomic mass is 9.99. The molecule has 176 valence electrons. The molecule has 8 nitrogen and oxygen atoms in total. The van der Waals surface area contributed by atoms with Gasteiger partial charge in [0.1, 0.15) is 11.9 Å². The number of nitrogens with zero attached hydrogens (tertiary/aromatic N) is 3. The van der Waals surface area contributed by atoms with Crippen molar-refractivity contribution in [3.63, 3.8) is 0 Å². The fraction of sp³-hybridized carbons (Fsp3) is 0.385. The van der Waals surface area contributed by atoms with E-state index >= 15 is 0 Å². The summed E-state index contributed by atoms with van der Waals surface area (Å²) in [4.78, 5) is 35.4. The largest absolute Gasteiger partial charge is 0.384 e. The van der Waals surface area contributed by atoms with Crippen LogP contribution in [0.15, 0.2) is 41.3 Å². The zero-order valence-corrected chi connectivity index (χ0v) is 19.8. The summed E-state index contributed by atoms with van der Waals surface area (Å²) in [7, 11) is 0. The van der Waals surface area contributed by atoms with Crippen molar-refractivity contribution in [3.05, 3.63) is 80.5 Å².